The lowest BCUT2D eigenvalue weighted by Gasteiger charge is -2.20. The predicted molar refractivity (Wildman–Crippen MR) is 115 cm³/mol. The number of Topliss-reactive ketones (excluding diaryl/α,β-unsaturated/α-hetero) is 2. The number of carbonyl (C=O) groups excluding carboxylic acids is 3. The van der Waals surface area contributed by atoms with Gasteiger partial charge in [-0.2, -0.15) is 0 Å². The molecule has 6 heteroatoms. The highest BCUT2D eigenvalue weighted by atomic mass is 16.5. The van der Waals surface area contributed by atoms with Crippen LogP contribution in [0.3, 0.4) is 0 Å². The molecule has 1 unspecified atom stereocenters. The second-order valence-corrected chi connectivity index (χ2v) is 7.62. The number of rotatable bonds is 5. The van der Waals surface area contributed by atoms with Crippen LogP contribution >= 0.6 is 0 Å². The lowest BCUT2D eigenvalue weighted by atomic mass is 9.85. The van der Waals surface area contributed by atoms with Crippen LogP contribution in [0.5, 0.6) is 5.75 Å². The summed E-state index contributed by atoms with van der Waals surface area (Å²) in [5.74, 6) is -2.81. The third-order valence-electron chi connectivity index (χ3n) is 5.37. The molecule has 0 aliphatic heterocycles. The van der Waals surface area contributed by atoms with E-state index < -0.39 is 17.5 Å². The van der Waals surface area contributed by atoms with Crippen LogP contribution in [0, 0.1) is 5.92 Å². The molecule has 31 heavy (non-hydrogen) atoms. The molecule has 4 rings (SSSR count). The van der Waals surface area contributed by atoms with E-state index in [1.54, 1.807) is 43.3 Å². The molecule has 156 valence electrons. The number of benzene rings is 3. The Bertz CT molecular complexity index is 1250. The Morgan fingerprint density at radius 3 is 2.35 bits per heavy atom. The Hall–Kier alpha value is -3.93. The zero-order valence-corrected chi connectivity index (χ0v) is 16.8. The van der Waals surface area contributed by atoms with E-state index in [1.165, 1.54) is 12.1 Å². The molecule has 0 heterocycles. The Labute approximate surface area is 178 Å². The van der Waals surface area contributed by atoms with Crippen molar-refractivity contribution >= 4 is 34.1 Å². The van der Waals surface area contributed by atoms with Gasteiger partial charge >= 0.3 is 5.97 Å². The minimum atomic E-state index is -0.749. The maximum atomic E-state index is 12.5. The van der Waals surface area contributed by atoms with E-state index in [-0.39, 0.29) is 47.2 Å². The number of ether oxygens (including phenoxy) is 1. The van der Waals surface area contributed by atoms with E-state index in [9.17, 15) is 24.6 Å². The molecule has 0 amide bonds. The first-order chi connectivity index (χ1) is 14.9. The third-order valence-corrected chi connectivity index (χ3v) is 5.37. The average molecular weight is 416 g/mol. The lowest BCUT2D eigenvalue weighted by molar-refractivity contribution is -0.112. The number of aromatic hydroxyl groups is 1. The standard InChI is InChI=1S/C25H20O6/c1-14(12-20-22(27)17-8-4-5-9-18(17)23(28)24(20)29)13-31-25(30)19-11-10-15-6-2-3-7-16(15)21(19)26/h2-11,14,26-27H,12-13H2,1H3. The fraction of sp³-hybridized carbons (Fsp3) is 0.160. The van der Waals surface area contributed by atoms with Crippen molar-refractivity contribution in [1.82, 2.24) is 0 Å². The van der Waals surface area contributed by atoms with Crippen molar-refractivity contribution in [2.45, 2.75) is 13.3 Å². The summed E-state index contributed by atoms with van der Waals surface area (Å²) < 4.78 is 5.33. The number of aliphatic hydroxyl groups excluding tert-OH is 1. The van der Waals surface area contributed by atoms with Crippen LogP contribution in [0.4, 0.5) is 0 Å². The molecule has 1 aliphatic rings. The van der Waals surface area contributed by atoms with Crippen molar-refractivity contribution < 1.29 is 29.3 Å². The summed E-state index contributed by atoms with van der Waals surface area (Å²) in [6, 6.07) is 16.8. The zero-order chi connectivity index (χ0) is 22.1. The van der Waals surface area contributed by atoms with Crippen molar-refractivity contribution in [3.63, 3.8) is 0 Å². The number of hydrogen-bond acceptors (Lipinski definition) is 6. The normalized spacial score (nSPS) is 14.5. The van der Waals surface area contributed by atoms with E-state index in [4.69, 9.17) is 4.74 Å². The van der Waals surface area contributed by atoms with Crippen molar-refractivity contribution in [2.75, 3.05) is 6.61 Å². The fourth-order valence-electron chi connectivity index (χ4n) is 3.73. The average Bonchev–Trinajstić information content (AvgIpc) is 2.79. The van der Waals surface area contributed by atoms with Crippen molar-refractivity contribution in [3.8, 4) is 5.75 Å². The number of phenols is 1. The smallest absolute Gasteiger partial charge is 0.341 e. The molecule has 3 aromatic carbocycles. The lowest BCUT2D eigenvalue weighted by Crippen LogP contribution is -2.26. The van der Waals surface area contributed by atoms with E-state index >= 15 is 0 Å². The highest BCUT2D eigenvalue weighted by Gasteiger charge is 2.33. The summed E-state index contributed by atoms with van der Waals surface area (Å²) in [6.45, 7) is 1.69. The molecular formula is C25H20O6. The van der Waals surface area contributed by atoms with Gasteiger partial charge < -0.3 is 14.9 Å². The number of phenolic OH excluding ortho intramolecular Hbond substituents is 1. The van der Waals surface area contributed by atoms with Crippen molar-refractivity contribution in [2.24, 2.45) is 5.92 Å². The minimum absolute atomic E-state index is 0.0146. The van der Waals surface area contributed by atoms with Crippen LogP contribution in [-0.2, 0) is 9.53 Å². The van der Waals surface area contributed by atoms with Gasteiger partial charge in [-0.15, -0.1) is 0 Å². The van der Waals surface area contributed by atoms with Crippen LogP contribution < -0.4 is 0 Å². The van der Waals surface area contributed by atoms with Gasteiger partial charge in [0.1, 0.15) is 17.1 Å². The maximum absolute atomic E-state index is 12.5. The Kier molecular flexibility index (Phi) is 5.29. The number of ketones is 2. The van der Waals surface area contributed by atoms with E-state index in [0.717, 1.165) is 5.39 Å². The van der Waals surface area contributed by atoms with Crippen molar-refractivity contribution in [1.29, 1.82) is 0 Å². The third kappa shape index (κ3) is 3.68. The van der Waals surface area contributed by atoms with Gasteiger partial charge in [0, 0.05) is 22.1 Å². The number of carbonyl (C=O) groups is 3. The van der Waals surface area contributed by atoms with Gasteiger partial charge in [-0.3, -0.25) is 9.59 Å². The summed E-state index contributed by atoms with van der Waals surface area (Å²) in [5.41, 5.74) is 0.568. The summed E-state index contributed by atoms with van der Waals surface area (Å²) in [7, 11) is 0. The predicted octanol–water partition coefficient (Wildman–Crippen LogP) is 4.46. The minimum Gasteiger partial charge on any atom is -0.507 e. The maximum Gasteiger partial charge on any atom is 0.341 e. The molecule has 0 aromatic heterocycles. The van der Waals surface area contributed by atoms with Gasteiger partial charge in [0.2, 0.25) is 11.6 Å². The number of fused-ring (bicyclic) bond motifs is 2. The van der Waals surface area contributed by atoms with Crippen LogP contribution in [-0.4, -0.2) is 34.4 Å². The van der Waals surface area contributed by atoms with Gasteiger partial charge in [-0.1, -0.05) is 61.5 Å². The first kappa shape index (κ1) is 20.3. The van der Waals surface area contributed by atoms with Crippen LogP contribution in [0.15, 0.2) is 66.2 Å². The number of hydrogen-bond donors (Lipinski definition) is 2. The molecule has 2 N–H and O–H groups in total. The van der Waals surface area contributed by atoms with Gasteiger partial charge in [-0.25, -0.2) is 4.79 Å². The van der Waals surface area contributed by atoms with E-state index in [1.807, 2.05) is 12.1 Å². The Morgan fingerprint density at radius 2 is 1.58 bits per heavy atom. The first-order valence-corrected chi connectivity index (χ1v) is 9.87. The monoisotopic (exact) mass is 416 g/mol. The molecular weight excluding hydrogens is 396 g/mol. The largest absolute Gasteiger partial charge is 0.507 e. The van der Waals surface area contributed by atoms with Gasteiger partial charge in [-0.05, 0) is 23.8 Å². The summed E-state index contributed by atoms with van der Waals surface area (Å²) >= 11 is 0. The second kappa shape index (κ2) is 8.07. The molecule has 1 atom stereocenters. The molecule has 0 saturated carbocycles. The van der Waals surface area contributed by atoms with Crippen LogP contribution in [0.25, 0.3) is 16.5 Å². The summed E-state index contributed by atoms with van der Waals surface area (Å²) in [4.78, 5) is 37.3. The summed E-state index contributed by atoms with van der Waals surface area (Å²) in [5, 5.41) is 22.3. The van der Waals surface area contributed by atoms with Gasteiger partial charge in [0.25, 0.3) is 0 Å². The summed E-state index contributed by atoms with van der Waals surface area (Å²) in [6.07, 6.45) is 0.0712. The number of esters is 1. The number of aliphatic hydroxyl groups is 1. The number of allylic oxidation sites excluding steroid dienone is 1. The van der Waals surface area contributed by atoms with E-state index in [0.29, 0.717) is 10.9 Å². The van der Waals surface area contributed by atoms with Gasteiger partial charge in [0.15, 0.2) is 0 Å². The SMILES string of the molecule is CC(COC(=O)c1ccc2ccccc2c1O)CC1=C(O)c2ccccc2C(=O)C1=O. The van der Waals surface area contributed by atoms with Crippen LogP contribution in [0.1, 0.15) is 39.6 Å². The second-order valence-electron chi connectivity index (χ2n) is 7.62. The molecule has 3 aromatic rings. The van der Waals surface area contributed by atoms with Crippen molar-refractivity contribution in [3.05, 3.63) is 82.9 Å². The molecule has 0 spiro atoms. The molecule has 0 fully saturated rings. The first-order valence-electron chi connectivity index (χ1n) is 9.87. The Morgan fingerprint density at radius 1 is 0.903 bits per heavy atom. The fourth-order valence-corrected chi connectivity index (χ4v) is 3.73. The quantitative estimate of drug-likeness (QED) is 0.470. The van der Waals surface area contributed by atoms with Gasteiger partial charge in [0.05, 0.1) is 6.61 Å². The van der Waals surface area contributed by atoms with E-state index in [2.05, 4.69) is 0 Å². The molecule has 6 nitrogen and oxygen atoms in total. The molecule has 0 radical (unpaired) electrons. The van der Waals surface area contributed by atoms with Crippen LogP contribution in [0.2, 0.25) is 0 Å². The Balaban J connectivity index is 1.48. The topological polar surface area (TPSA) is 101 Å². The molecule has 0 bridgehead atoms. The highest BCUT2D eigenvalue weighted by Crippen LogP contribution is 2.32. The molecule has 0 saturated heterocycles. The zero-order valence-electron chi connectivity index (χ0n) is 16.8. The molecule has 1 aliphatic carbocycles. The highest BCUT2D eigenvalue weighted by molar-refractivity contribution is 6.52.